The molecule has 1 heterocycles. The Morgan fingerprint density at radius 2 is 2.12 bits per heavy atom. The second-order valence-corrected chi connectivity index (χ2v) is 5.19. The maximum Gasteiger partial charge on any atom is 0.295 e. The molecule has 0 aliphatic rings. The Morgan fingerprint density at radius 1 is 1.32 bits per heavy atom. The molecular weight excluding hydrogens is 327 g/mol. The summed E-state index contributed by atoms with van der Waals surface area (Å²) < 4.78 is 20.3. The molecule has 0 saturated heterocycles. The number of para-hydroxylation sites is 1. The first-order valence-corrected chi connectivity index (χ1v) is 7.44. The molecule has 7 nitrogen and oxygen atoms in total. The minimum absolute atomic E-state index is 0.0616. The largest absolute Gasteiger partial charge is 0.494 e. The number of hydrogen-bond acceptors (Lipinski definition) is 5. The van der Waals surface area contributed by atoms with Crippen molar-refractivity contribution in [2.75, 3.05) is 12.4 Å². The summed E-state index contributed by atoms with van der Waals surface area (Å²) in [6, 6.07) is 11.5. The highest BCUT2D eigenvalue weighted by atomic mass is 19.1. The molecule has 0 amide bonds. The van der Waals surface area contributed by atoms with Gasteiger partial charge in [-0.2, -0.15) is 5.10 Å². The quantitative estimate of drug-likeness (QED) is 0.547. The summed E-state index contributed by atoms with van der Waals surface area (Å²) >= 11 is 0. The lowest BCUT2D eigenvalue weighted by atomic mass is 10.1. The van der Waals surface area contributed by atoms with Crippen molar-refractivity contribution in [1.82, 2.24) is 9.78 Å². The normalized spacial score (nSPS) is 10.5. The number of ether oxygens (including phenoxy) is 1. The van der Waals surface area contributed by atoms with Gasteiger partial charge in [-0.15, -0.1) is 0 Å². The Labute approximate surface area is 142 Å². The molecule has 0 saturated carbocycles. The molecule has 1 N–H and O–H groups in total. The maximum atomic E-state index is 13.7. The van der Waals surface area contributed by atoms with Crippen LogP contribution in [0.1, 0.15) is 5.56 Å². The van der Waals surface area contributed by atoms with Crippen molar-refractivity contribution in [3.63, 3.8) is 0 Å². The lowest BCUT2D eigenvalue weighted by Crippen LogP contribution is -2.07. The van der Waals surface area contributed by atoms with E-state index in [1.54, 1.807) is 16.9 Å². The van der Waals surface area contributed by atoms with Crippen molar-refractivity contribution in [2.24, 2.45) is 0 Å². The zero-order chi connectivity index (χ0) is 17.8. The monoisotopic (exact) mass is 342 g/mol. The minimum Gasteiger partial charge on any atom is -0.494 e. The van der Waals surface area contributed by atoms with Crippen LogP contribution in [0.4, 0.5) is 15.8 Å². The SMILES string of the molecule is COc1cc(NCc2ccccc2-n2cccn2)c([N+](=O)[O-])cc1F. The highest BCUT2D eigenvalue weighted by molar-refractivity contribution is 5.65. The Kier molecular flexibility index (Phi) is 4.60. The molecule has 1 aromatic heterocycles. The number of rotatable bonds is 6. The molecule has 0 atom stereocenters. The van der Waals surface area contributed by atoms with Gasteiger partial charge >= 0.3 is 0 Å². The third kappa shape index (κ3) is 3.42. The van der Waals surface area contributed by atoms with Gasteiger partial charge in [-0.1, -0.05) is 18.2 Å². The summed E-state index contributed by atoms with van der Waals surface area (Å²) in [5.74, 6) is -0.842. The van der Waals surface area contributed by atoms with Crippen LogP contribution in [0.25, 0.3) is 5.69 Å². The van der Waals surface area contributed by atoms with Crippen molar-refractivity contribution in [1.29, 1.82) is 0 Å². The second kappa shape index (κ2) is 7.00. The Balaban J connectivity index is 1.91. The fourth-order valence-corrected chi connectivity index (χ4v) is 2.48. The number of nitrogens with zero attached hydrogens (tertiary/aromatic N) is 3. The molecule has 0 unspecified atom stereocenters. The summed E-state index contributed by atoms with van der Waals surface area (Å²) in [5.41, 5.74) is 1.55. The summed E-state index contributed by atoms with van der Waals surface area (Å²) in [6.45, 7) is 0.297. The fourth-order valence-electron chi connectivity index (χ4n) is 2.48. The lowest BCUT2D eigenvalue weighted by Gasteiger charge is -2.13. The van der Waals surface area contributed by atoms with Crippen LogP contribution in [0.2, 0.25) is 0 Å². The molecule has 0 fully saturated rings. The van der Waals surface area contributed by atoms with Crippen LogP contribution in [-0.2, 0) is 6.54 Å². The highest BCUT2D eigenvalue weighted by Crippen LogP contribution is 2.32. The van der Waals surface area contributed by atoms with Crippen LogP contribution in [0.5, 0.6) is 5.75 Å². The molecule has 128 valence electrons. The Morgan fingerprint density at radius 3 is 2.80 bits per heavy atom. The van der Waals surface area contributed by atoms with Crippen molar-refractivity contribution in [3.05, 3.63) is 76.4 Å². The highest BCUT2D eigenvalue weighted by Gasteiger charge is 2.19. The van der Waals surface area contributed by atoms with Gasteiger partial charge in [0, 0.05) is 25.0 Å². The number of nitro groups is 1. The molecule has 0 bridgehead atoms. The Bertz CT molecular complexity index is 897. The summed E-state index contributed by atoms with van der Waals surface area (Å²) in [4.78, 5) is 10.5. The van der Waals surface area contributed by atoms with E-state index >= 15 is 0 Å². The van der Waals surface area contributed by atoms with Gasteiger partial charge in [0.25, 0.3) is 5.69 Å². The molecular formula is C17H15FN4O3. The van der Waals surface area contributed by atoms with Crippen LogP contribution >= 0.6 is 0 Å². The standard InChI is InChI=1S/C17H15FN4O3/c1-25-17-10-14(16(22(23)24)9-13(17)18)19-11-12-5-2-3-6-15(12)21-8-4-7-20-21/h2-10,19H,11H2,1H3. The summed E-state index contributed by atoms with van der Waals surface area (Å²) in [6.07, 6.45) is 3.47. The molecule has 0 aliphatic heterocycles. The first-order chi connectivity index (χ1) is 12.1. The first-order valence-electron chi connectivity index (χ1n) is 7.44. The molecule has 3 aromatic rings. The molecule has 0 radical (unpaired) electrons. The van der Waals surface area contributed by atoms with Gasteiger partial charge in [0.2, 0.25) is 0 Å². The fraction of sp³-hybridized carbons (Fsp3) is 0.118. The number of methoxy groups -OCH3 is 1. The zero-order valence-corrected chi connectivity index (χ0v) is 13.3. The number of hydrogen-bond donors (Lipinski definition) is 1. The van der Waals surface area contributed by atoms with Gasteiger partial charge in [0.05, 0.1) is 23.8 Å². The molecule has 2 aromatic carbocycles. The third-order valence-corrected chi connectivity index (χ3v) is 3.68. The smallest absolute Gasteiger partial charge is 0.295 e. The van der Waals surface area contributed by atoms with Crippen molar-refractivity contribution in [2.45, 2.75) is 6.54 Å². The topological polar surface area (TPSA) is 82.2 Å². The van der Waals surface area contributed by atoms with E-state index in [1.165, 1.54) is 13.2 Å². The maximum absolute atomic E-state index is 13.7. The van der Waals surface area contributed by atoms with E-state index in [2.05, 4.69) is 10.4 Å². The van der Waals surface area contributed by atoms with Gasteiger partial charge in [-0.25, -0.2) is 9.07 Å². The lowest BCUT2D eigenvalue weighted by molar-refractivity contribution is -0.384. The molecule has 3 rings (SSSR count). The minimum atomic E-state index is -0.781. The van der Waals surface area contributed by atoms with Gasteiger partial charge in [-0.3, -0.25) is 10.1 Å². The number of nitro benzene ring substituents is 1. The number of halogens is 1. The Hall–Kier alpha value is -3.42. The van der Waals surface area contributed by atoms with Crippen LogP contribution < -0.4 is 10.1 Å². The second-order valence-electron chi connectivity index (χ2n) is 5.19. The van der Waals surface area contributed by atoms with Crippen molar-refractivity contribution < 1.29 is 14.1 Å². The van der Waals surface area contributed by atoms with Crippen LogP contribution in [0.15, 0.2) is 54.9 Å². The summed E-state index contributed by atoms with van der Waals surface area (Å²) in [7, 11) is 1.31. The van der Waals surface area contributed by atoms with E-state index in [0.29, 0.717) is 6.54 Å². The van der Waals surface area contributed by atoms with Crippen molar-refractivity contribution >= 4 is 11.4 Å². The van der Waals surface area contributed by atoms with E-state index in [1.807, 2.05) is 30.5 Å². The van der Waals surface area contributed by atoms with Crippen LogP contribution in [0, 0.1) is 15.9 Å². The van der Waals surface area contributed by atoms with E-state index in [4.69, 9.17) is 4.74 Å². The average Bonchev–Trinajstić information content (AvgIpc) is 3.15. The first kappa shape index (κ1) is 16.4. The van der Waals surface area contributed by atoms with Gasteiger partial charge < -0.3 is 10.1 Å². The molecule has 8 heteroatoms. The number of anilines is 1. The summed E-state index contributed by atoms with van der Waals surface area (Å²) in [5, 5.41) is 18.4. The van der Waals surface area contributed by atoms with E-state index in [0.717, 1.165) is 17.3 Å². The number of nitrogens with one attached hydrogen (secondary N) is 1. The molecule has 25 heavy (non-hydrogen) atoms. The van der Waals surface area contributed by atoms with Crippen LogP contribution in [-0.4, -0.2) is 21.8 Å². The predicted octanol–water partition coefficient (Wildman–Crippen LogP) is 3.54. The predicted molar refractivity (Wildman–Crippen MR) is 90.5 cm³/mol. The third-order valence-electron chi connectivity index (χ3n) is 3.68. The van der Waals surface area contributed by atoms with Crippen LogP contribution in [0.3, 0.4) is 0 Å². The van der Waals surface area contributed by atoms with Crippen molar-refractivity contribution in [3.8, 4) is 11.4 Å². The number of aromatic nitrogens is 2. The van der Waals surface area contributed by atoms with E-state index in [9.17, 15) is 14.5 Å². The molecule has 0 aliphatic carbocycles. The molecule has 0 spiro atoms. The zero-order valence-electron chi connectivity index (χ0n) is 13.3. The number of benzene rings is 2. The van der Waals surface area contributed by atoms with Gasteiger partial charge in [-0.05, 0) is 17.7 Å². The van der Waals surface area contributed by atoms with E-state index < -0.39 is 10.7 Å². The van der Waals surface area contributed by atoms with Gasteiger partial charge in [0.1, 0.15) is 5.69 Å². The average molecular weight is 342 g/mol. The van der Waals surface area contributed by atoms with E-state index in [-0.39, 0.29) is 17.1 Å². The van der Waals surface area contributed by atoms with Gasteiger partial charge in [0.15, 0.2) is 11.6 Å².